The molecule has 0 unspecified atom stereocenters. The lowest BCUT2D eigenvalue weighted by Crippen LogP contribution is -3.00. The highest BCUT2D eigenvalue weighted by molar-refractivity contribution is 5.91. The Morgan fingerprint density at radius 1 is 1.19 bits per heavy atom. The van der Waals surface area contributed by atoms with Gasteiger partial charge in [-0.3, -0.25) is 4.79 Å². The Kier molecular flexibility index (Phi) is 6.07. The van der Waals surface area contributed by atoms with Gasteiger partial charge in [0.1, 0.15) is 0 Å². The maximum absolute atomic E-state index is 12.0. The summed E-state index contributed by atoms with van der Waals surface area (Å²) in [6.45, 7) is 4.04. The SMILES string of the molecule is Cc1cc(C#N)cc(C)c1NC(=O)C[n+]1ccccc1.[Br-]. The van der Waals surface area contributed by atoms with Crippen LogP contribution in [0.1, 0.15) is 16.7 Å². The predicted octanol–water partition coefficient (Wildman–Crippen LogP) is -0.895. The molecule has 0 aliphatic heterocycles. The topological polar surface area (TPSA) is 56.8 Å². The number of benzene rings is 1. The Morgan fingerprint density at radius 3 is 2.29 bits per heavy atom. The molecular formula is C16H16BrN3O. The van der Waals surface area contributed by atoms with Crippen molar-refractivity contribution in [1.82, 2.24) is 0 Å². The molecule has 4 nitrogen and oxygen atoms in total. The largest absolute Gasteiger partial charge is 1.00 e. The zero-order chi connectivity index (χ0) is 14.5. The van der Waals surface area contributed by atoms with Gasteiger partial charge in [0.25, 0.3) is 5.91 Å². The van der Waals surface area contributed by atoms with Crippen LogP contribution in [0, 0.1) is 25.2 Å². The normalized spacial score (nSPS) is 9.38. The Bertz CT molecular complexity index is 655. The zero-order valence-corrected chi connectivity index (χ0v) is 13.5. The van der Waals surface area contributed by atoms with Crippen molar-refractivity contribution < 1.29 is 26.3 Å². The van der Waals surface area contributed by atoms with Crippen LogP contribution in [-0.2, 0) is 11.3 Å². The molecule has 1 aromatic heterocycles. The fourth-order valence-electron chi connectivity index (χ4n) is 2.11. The molecule has 1 N–H and O–H groups in total. The minimum Gasteiger partial charge on any atom is -1.00 e. The fraction of sp³-hybridized carbons (Fsp3) is 0.188. The minimum absolute atomic E-state index is 0. The number of aryl methyl sites for hydroxylation is 2. The molecule has 0 atom stereocenters. The molecule has 0 spiro atoms. The van der Waals surface area contributed by atoms with Crippen LogP contribution in [0.4, 0.5) is 5.69 Å². The molecule has 0 saturated heterocycles. The number of nitriles is 1. The second-order valence-corrected chi connectivity index (χ2v) is 4.69. The summed E-state index contributed by atoms with van der Waals surface area (Å²) in [5.74, 6) is -0.0860. The van der Waals surface area contributed by atoms with Crippen LogP contribution >= 0.6 is 0 Å². The van der Waals surface area contributed by atoms with Crippen LogP contribution in [0.25, 0.3) is 0 Å². The average molecular weight is 346 g/mol. The number of anilines is 1. The maximum atomic E-state index is 12.0. The zero-order valence-electron chi connectivity index (χ0n) is 11.9. The molecule has 5 heteroatoms. The van der Waals surface area contributed by atoms with Crippen LogP contribution in [0.5, 0.6) is 0 Å². The second kappa shape index (κ2) is 7.55. The highest BCUT2D eigenvalue weighted by Crippen LogP contribution is 2.21. The van der Waals surface area contributed by atoms with Crippen LogP contribution in [0.2, 0.25) is 0 Å². The number of halogens is 1. The molecule has 21 heavy (non-hydrogen) atoms. The molecule has 108 valence electrons. The number of rotatable bonds is 3. The van der Waals surface area contributed by atoms with E-state index in [0.717, 1.165) is 16.8 Å². The number of nitrogens with one attached hydrogen (secondary N) is 1. The number of carbonyl (C=O) groups is 1. The number of pyridine rings is 1. The standard InChI is InChI=1S/C16H15N3O.BrH/c1-12-8-14(10-17)9-13(2)16(12)18-15(20)11-19-6-4-3-5-7-19;/h3-9H,11H2,1-2H3;1H. The first-order valence-electron chi connectivity index (χ1n) is 6.35. The van der Waals surface area contributed by atoms with Gasteiger partial charge >= 0.3 is 0 Å². The van der Waals surface area contributed by atoms with Crippen molar-refractivity contribution in [3.8, 4) is 6.07 Å². The lowest BCUT2D eigenvalue weighted by Gasteiger charge is -2.11. The van der Waals surface area contributed by atoms with Gasteiger partial charge in [0.15, 0.2) is 12.4 Å². The van der Waals surface area contributed by atoms with Crippen molar-refractivity contribution >= 4 is 11.6 Å². The number of hydrogen-bond donors (Lipinski definition) is 1. The maximum Gasteiger partial charge on any atom is 0.290 e. The van der Waals surface area contributed by atoms with E-state index < -0.39 is 0 Å². The molecule has 0 fully saturated rings. The third-order valence-corrected chi connectivity index (χ3v) is 3.03. The summed E-state index contributed by atoms with van der Waals surface area (Å²) in [6, 6.07) is 11.3. The Balaban J connectivity index is 0.00000220. The molecule has 0 bridgehead atoms. The van der Waals surface area contributed by atoms with E-state index in [1.165, 1.54) is 0 Å². The van der Waals surface area contributed by atoms with Gasteiger partial charge in [-0.2, -0.15) is 9.83 Å². The molecule has 1 amide bonds. The van der Waals surface area contributed by atoms with Crippen molar-refractivity contribution in [3.63, 3.8) is 0 Å². The predicted molar refractivity (Wildman–Crippen MR) is 75.9 cm³/mol. The van der Waals surface area contributed by atoms with E-state index >= 15 is 0 Å². The summed E-state index contributed by atoms with van der Waals surface area (Å²) in [7, 11) is 0. The number of nitrogens with zero attached hydrogens (tertiary/aromatic N) is 2. The van der Waals surface area contributed by atoms with Gasteiger partial charge in [-0.1, -0.05) is 6.07 Å². The van der Waals surface area contributed by atoms with E-state index in [1.807, 2.05) is 49.0 Å². The smallest absolute Gasteiger partial charge is 0.290 e. The van der Waals surface area contributed by atoms with E-state index in [-0.39, 0.29) is 29.4 Å². The average Bonchev–Trinajstić information content (AvgIpc) is 2.43. The minimum atomic E-state index is -0.0860. The summed E-state index contributed by atoms with van der Waals surface area (Å²) in [5.41, 5.74) is 3.18. The summed E-state index contributed by atoms with van der Waals surface area (Å²) in [4.78, 5) is 12.0. The first-order chi connectivity index (χ1) is 9.60. The van der Waals surface area contributed by atoms with Crippen molar-refractivity contribution in [2.45, 2.75) is 20.4 Å². The van der Waals surface area contributed by atoms with Gasteiger partial charge in [-0.15, -0.1) is 0 Å². The summed E-state index contributed by atoms with van der Waals surface area (Å²) < 4.78 is 1.81. The third kappa shape index (κ3) is 4.40. The Hall–Kier alpha value is -2.19. The first-order valence-corrected chi connectivity index (χ1v) is 6.35. The van der Waals surface area contributed by atoms with E-state index in [0.29, 0.717) is 5.56 Å². The monoisotopic (exact) mass is 345 g/mol. The molecule has 2 rings (SSSR count). The van der Waals surface area contributed by atoms with E-state index in [1.54, 1.807) is 12.1 Å². The van der Waals surface area contributed by atoms with E-state index in [4.69, 9.17) is 5.26 Å². The Morgan fingerprint density at radius 2 is 1.76 bits per heavy atom. The van der Waals surface area contributed by atoms with Gasteiger partial charge in [0.05, 0.1) is 11.6 Å². The van der Waals surface area contributed by atoms with Crippen molar-refractivity contribution in [1.29, 1.82) is 5.26 Å². The Labute approximate surface area is 134 Å². The van der Waals surface area contributed by atoms with Crippen molar-refractivity contribution in [2.24, 2.45) is 0 Å². The van der Waals surface area contributed by atoms with Gasteiger partial charge in [-0.05, 0) is 37.1 Å². The van der Waals surface area contributed by atoms with Crippen LogP contribution in [0.15, 0.2) is 42.7 Å². The molecule has 0 aliphatic carbocycles. The van der Waals surface area contributed by atoms with E-state index in [2.05, 4.69) is 11.4 Å². The molecule has 0 saturated carbocycles. The molecular weight excluding hydrogens is 330 g/mol. The van der Waals surface area contributed by atoms with Crippen LogP contribution < -0.4 is 26.9 Å². The number of aromatic nitrogens is 1. The highest BCUT2D eigenvalue weighted by Gasteiger charge is 2.12. The van der Waals surface area contributed by atoms with Crippen LogP contribution in [0.3, 0.4) is 0 Å². The molecule has 0 radical (unpaired) electrons. The number of hydrogen-bond acceptors (Lipinski definition) is 2. The summed E-state index contributed by atoms with van der Waals surface area (Å²) in [5, 5.41) is 11.8. The first kappa shape index (κ1) is 16.9. The number of amides is 1. The molecule has 2 aromatic rings. The van der Waals surface area contributed by atoms with Crippen molar-refractivity contribution in [2.75, 3.05) is 5.32 Å². The third-order valence-electron chi connectivity index (χ3n) is 3.03. The number of carbonyl (C=O) groups excluding carboxylic acids is 1. The molecule has 1 aromatic carbocycles. The highest BCUT2D eigenvalue weighted by atomic mass is 79.9. The quantitative estimate of drug-likeness (QED) is 0.733. The lowest BCUT2D eigenvalue weighted by atomic mass is 10.0. The fourth-order valence-corrected chi connectivity index (χ4v) is 2.11. The van der Waals surface area contributed by atoms with Gasteiger partial charge in [0.2, 0.25) is 6.54 Å². The van der Waals surface area contributed by atoms with Crippen molar-refractivity contribution in [3.05, 3.63) is 59.4 Å². The van der Waals surface area contributed by atoms with Gasteiger partial charge in [-0.25, -0.2) is 0 Å². The second-order valence-electron chi connectivity index (χ2n) is 4.69. The van der Waals surface area contributed by atoms with Gasteiger partial charge in [0, 0.05) is 17.8 Å². The molecule has 0 aliphatic rings. The summed E-state index contributed by atoms with van der Waals surface area (Å²) >= 11 is 0. The molecule has 1 heterocycles. The lowest BCUT2D eigenvalue weighted by molar-refractivity contribution is -0.684. The summed E-state index contributed by atoms with van der Waals surface area (Å²) in [6.07, 6.45) is 3.69. The van der Waals surface area contributed by atoms with Crippen LogP contribution in [-0.4, -0.2) is 5.91 Å². The van der Waals surface area contributed by atoms with E-state index in [9.17, 15) is 4.79 Å². The van der Waals surface area contributed by atoms with Gasteiger partial charge < -0.3 is 22.3 Å².